The summed E-state index contributed by atoms with van der Waals surface area (Å²) in [5, 5.41) is 14.0. The number of nitrogens with zero attached hydrogens (tertiary/aromatic N) is 3. The number of carbonyl (C=O) groups excluding carboxylic acids is 1. The Morgan fingerprint density at radius 3 is 2.27 bits per heavy atom. The number of alkyl halides is 3. The molecule has 1 N–H and O–H groups in total. The molecule has 10 heteroatoms. The SMILES string of the molecule is Cc1ccc(C2CCN(CCC(=O)N3CCC(Nc4ccc([N+](=O)[O-])c(C(F)(F)F)c4)CC3)CC2)cc1. The van der Waals surface area contributed by atoms with Gasteiger partial charge >= 0.3 is 6.18 Å². The van der Waals surface area contributed by atoms with Crippen LogP contribution in [0.15, 0.2) is 42.5 Å². The monoisotopic (exact) mass is 518 g/mol. The van der Waals surface area contributed by atoms with Crippen LogP contribution in [0.4, 0.5) is 24.5 Å². The average Bonchev–Trinajstić information content (AvgIpc) is 2.88. The first-order chi connectivity index (χ1) is 17.6. The van der Waals surface area contributed by atoms with E-state index in [9.17, 15) is 28.1 Å². The first-order valence-corrected chi connectivity index (χ1v) is 12.8. The molecule has 2 heterocycles. The van der Waals surface area contributed by atoms with Crippen molar-refractivity contribution in [3.8, 4) is 0 Å². The lowest BCUT2D eigenvalue weighted by atomic mass is 9.89. The van der Waals surface area contributed by atoms with Crippen molar-refractivity contribution < 1.29 is 22.9 Å². The van der Waals surface area contributed by atoms with E-state index in [1.54, 1.807) is 0 Å². The minimum Gasteiger partial charge on any atom is -0.382 e. The lowest BCUT2D eigenvalue weighted by Gasteiger charge is -2.35. The number of piperidine rings is 2. The first kappa shape index (κ1) is 26.9. The molecule has 0 radical (unpaired) electrons. The topological polar surface area (TPSA) is 78.7 Å². The van der Waals surface area contributed by atoms with Gasteiger partial charge in [-0.2, -0.15) is 13.2 Å². The summed E-state index contributed by atoms with van der Waals surface area (Å²) in [5.41, 5.74) is 0.621. The number of aryl methyl sites for hydroxylation is 1. The van der Waals surface area contributed by atoms with E-state index in [1.165, 1.54) is 17.2 Å². The van der Waals surface area contributed by atoms with Gasteiger partial charge in [-0.05, 0) is 69.3 Å². The highest BCUT2D eigenvalue weighted by atomic mass is 19.4. The average molecular weight is 519 g/mol. The second-order valence-electron chi connectivity index (χ2n) is 10.1. The molecule has 0 aromatic heterocycles. The summed E-state index contributed by atoms with van der Waals surface area (Å²) < 4.78 is 39.7. The first-order valence-electron chi connectivity index (χ1n) is 12.8. The Morgan fingerprint density at radius 1 is 1.03 bits per heavy atom. The zero-order chi connectivity index (χ0) is 26.6. The molecule has 4 rings (SSSR count). The third-order valence-corrected chi connectivity index (χ3v) is 7.50. The van der Waals surface area contributed by atoms with Gasteiger partial charge in [-0.25, -0.2) is 0 Å². The molecule has 0 unspecified atom stereocenters. The molecule has 0 saturated carbocycles. The Balaban J connectivity index is 1.20. The van der Waals surface area contributed by atoms with Crippen molar-refractivity contribution in [3.05, 3.63) is 69.3 Å². The van der Waals surface area contributed by atoms with Gasteiger partial charge in [-0.3, -0.25) is 14.9 Å². The van der Waals surface area contributed by atoms with Crippen molar-refractivity contribution in [1.29, 1.82) is 0 Å². The molecule has 0 bridgehead atoms. The molecular formula is C27H33F3N4O3. The fourth-order valence-corrected chi connectivity index (χ4v) is 5.26. The van der Waals surface area contributed by atoms with E-state index in [2.05, 4.69) is 41.4 Å². The molecule has 2 aromatic rings. The Morgan fingerprint density at radius 2 is 1.68 bits per heavy atom. The number of likely N-dealkylation sites (tertiary alicyclic amines) is 2. The molecule has 37 heavy (non-hydrogen) atoms. The molecular weight excluding hydrogens is 485 g/mol. The summed E-state index contributed by atoms with van der Waals surface area (Å²) in [6, 6.07) is 11.6. The molecule has 0 atom stereocenters. The third kappa shape index (κ3) is 7.00. The maximum absolute atomic E-state index is 13.2. The molecule has 2 aliphatic rings. The predicted molar refractivity (Wildman–Crippen MR) is 136 cm³/mol. The van der Waals surface area contributed by atoms with Crippen LogP contribution in [0.5, 0.6) is 0 Å². The van der Waals surface area contributed by atoms with E-state index < -0.39 is 22.4 Å². The maximum Gasteiger partial charge on any atom is 0.423 e. The van der Waals surface area contributed by atoms with E-state index >= 15 is 0 Å². The smallest absolute Gasteiger partial charge is 0.382 e. The van der Waals surface area contributed by atoms with Crippen molar-refractivity contribution in [2.75, 3.05) is 38.0 Å². The number of rotatable bonds is 7. The number of nitro groups is 1. The highest BCUT2D eigenvalue weighted by Crippen LogP contribution is 2.38. The predicted octanol–water partition coefficient (Wildman–Crippen LogP) is 5.59. The van der Waals surface area contributed by atoms with Gasteiger partial charge in [0, 0.05) is 43.9 Å². The third-order valence-electron chi connectivity index (χ3n) is 7.50. The van der Waals surface area contributed by atoms with Crippen molar-refractivity contribution >= 4 is 17.3 Å². The molecule has 0 spiro atoms. The van der Waals surface area contributed by atoms with E-state index in [0.717, 1.165) is 44.6 Å². The van der Waals surface area contributed by atoms with Crippen LogP contribution in [0.25, 0.3) is 0 Å². The Bertz CT molecular complexity index is 1090. The lowest BCUT2D eigenvalue weighted by molar-refractivity contribution is -0.388. The minimum absolute atomic E-state index is 0.104. The van der Waals surface area contributed by atoms with Crippen molar-refractivity contribution in [2.24, 2.45) is 0 Å². The van der Waals surface area contributed by atoms with Crippen molar-refractivity contribution in [2.45, 2.75) is 57.2 Å². The zero-order valence-electron chi connectivity index (χ0n) is 21.0. The summed E-state index contributed by atoms with van der Waals surface area (Å²) in [4.78, 5) is 26.9. The second kappa shape index (κ2) is 11.5. The molecule has 1 amide bonds. The summed E-state index contributed by atoms with van der Waals surface area (Å²) in [6.07, 6.45) is -0.964. The fourth-order valence-electron chi connectivity index (χ4n) is 5.26. The van der Waals surface area contributed by atoms with Crippen LogP contribution in [0.2, 0.25) is 0 Å². The van der Waals surface area contributed by atoms with Crippen LogP contribution in [0.1, 0.15) is 54.7 Å². The van der Waals surface area contributed by atoms with Gasteiger partial charge in [-0.15, -0.1) is 0 Å². The minimum atomic E-state index is -4.81. The van der Waals surface area contributed by atoms with Crippen LogP contribution in [0.3, 0.4) is 0 Å². The zero-order valence-corrected chi connectivity index (χ0v) is 21.0. The normalized spacial score (nSPS) is 18.1. The van der Waals surface area contributed by atoms with Crippen LogP contribution in [-0.4, -0.2) is 59.4 Å². The number of amides is 1. The number of hydrogen-bond acceptors (Lipinski definition) is 5. The van der Waals surface area contributed by atoms with Crippen molar-refractivity contribution in [3.63, 3.8) is 0 Å². The fraction of sp³-hybridized carbons (Fsp3) is 0.519. The van der Waals surface area contributed by atoms with E-state index in [0.29, 0.717) is 38.3 Å². The second-order valence-corrected chi connectivity index (χ2v) is 10.1. The summed E-state index contributed by atoms with van der Waals surface area (Å²) in [6.45, 7) is 5.85. The number of carbonyl (C=O) groups is 1. The van der Waals surface area contributed by atoms with Crippen LogP contribution < -0.4 is 5.32 Å². The lowest BCUT2D eigenvalue weighted by Crippen LogP contribution is -2.43. The number of nitrogens with one attached hydrogen (secondary N) is 1. The Kier molecular flexibility index (Phi) is 8.36. The number of halogens is 3. The molecule has 0 aliphatic carbocycles. The molecule has 2 saturated heterocycles. The Hall–Kier alpha value is -3.14. The number of benzene rings is 2. The van der Waals surface area contributed by atoms with Gasteiger partial charge < -0.3 is 15.1 Å². The highest BCUT2D eigenvalue weighted by Gasteiger charge is 2.38. The van der Waals surface area contributed by atoms with Crippen LogP contribution >= 0.6 is 0 Å². The maximum atomic E-state index is 13.2. The van der Waals surface area contributed by atoms with Crippen molar-refractivity contribution in [1.82, 2.24) is 9.80 Å². The van der Waals surface area contributed by atoms with Gasteiger partial charge in [0.1, 0.15) is 5.56 Å². The number of hydrogen-bond donors (Lipinski definition) is 1. The van der Waals surface area contributed by atoms with Gasteiger partial charge in [0.25, 0.3) is 5.69 Å². The summed E-state index contributed by atoms with van der Waals surface area (Å²) in [7, 11) is 0. The van der Waals surface area contributed by atoms with Crippen LogP contribution in [0, 0.1) is 17.0 Å². The molecule has 2 fully saturated rings. The van der Waals surface area contributed by atoms with Gasteiger partial charge in [0.05, 0.1) is 4.92 Å². The van der Waals surface area contributed by atoms with E-state index in [1.807, 2.05) is 4.90 Å². The quantitative estimate of drug-likeness (QED) is 0.382. The largest absolute Gasteiger partial charge is 0.423 e. The highest BCUT2D eigenvalue weighted by molar-refractivity contribution is 5.76. The molecule has 2 aliphatic heterocycles. The van der Waals surface area contributed by atoms with Gasteiger partial charge in [0.15, 0.2) is 0 Å². The molecule has 200 valence electrons. The van der Waals surface area contributed by atoms with E-state index in [-0.39, 0.29) is 17.6 Å². The van der Waals surface area contributed by atoms with Gasteiger partial charge in [0.2, 0.25) is 5.91 Å². The number of anilines is 1. The van der Waals surface area contributed by atoms with Crippen LogP contribution in [-0.2, 0) is 11.0 Å². The molecule has 2 aromatic carbocycles. The number of nitro benzene ring substituents is 1. The summed E-state index contributed by atoms with van der Waals surface area (Å²) >= 11 is 0. The van der Waals surface area contributed by atoms with E-state index in [4.69, 9.17) is 0 Å². The molecule has 7 nitrogen and oxygen atoms in total. The summed E-state index contributed by atoms with van der Waals surface area (Å²) in [5.74, 6) is 0.677. The standard InChI is InChI=1S/C27H33F3N4O3/c1-19-2-4-20(5-3-19)21-8-13-32(14-9-21)15-12-26(35)33-16-10-22(11-17-33)31-23-6-7-25(34(36)37)24(18-23)27(28,29)30/h2-7,18,21-22,31H,8-17H2,1H3. The van der Waals surface area contributed by atoms with Gasteiger partial charge in [-0.1, -0.05) is 29.8 Å². The Labute approximate surface area is 214 Å².